The van der Waals surface area contributed by atoms with E-state index >= 15 is 0 Å². The third kappa shape index (κ3) is 4.23. The van der Waals surface area contributed by atoms with Crippen LogP contribution in [0.4, 0.5) is 5.69 Å². The number of hydrogen-bond donors (Lipinski definition) is 0. The molecule has 1 unspecified atom stereocenters. The normalized spacial score (nSPS) is 16.6. The van der Waals surface area contributed by atoms with Crippen LogP contribution in [0.25, 0.3) is 6.08 Å². The Morgan fingerprint density at radius 2 is 1.94 bits per heavy atom. The molecule has 3 aromatic carbocycles. The van der Waals surface area contributed by atoms with Gasteiger partial charge in [-0.2, -0.15) is 0 Å². The predicted molar refractivity (Wildman–Crippen MR) is 136 cm³/mol. The molecule has 33 heavy (non-hydrogen) atoms. The van der Waals surface area contributed by atoms with E-state index in [1.54, 1.807) is 0 Å². The number of fused-ring (bicyclic) bond motifs is 1. The number of anilines is 1. The van der Waals surface area contributed by atoms with Crippen molar-refractivity contribution in [2.45, 2.75) is 38.8 Å². The third-order valence-electron chi connectivity index (χ3n) is 6.75. The third-order valence-corrected chi connectivity index (χ3v) is 6.75. The first-order valence-electron chi connectivity index (χ1n) is 11.8. The average Bonchev–Trinajstić information content (AvgIpc) is 3.52. The highest BCUT2D eigenvalue weighted by Gasteiger charge is 2.33. The van der Waals surface area contributed by atoms with Gasteiger partial charge in [-0.25, -0.2) is 0 Å². The lowest BCUT2D eigenvalue weighted by atomic mass is 10.0. The maximum atomic E-state index is 14.2. The number of hydrogen-bond acceptors (Lipinski definition) is 2. The largest absolute Gasteiger partial charge is 0.347 e. The Balaban J connectivity index is 1.56. The summed E-state index contributed by atoms with van der Waals surface area (Å²) in [7, 11) is 0. The van der Waals surface area contributed by atoms with Crippen LogP contribution in [-0.4, -0.2) is 17.4 Å². The Bertz CT molecular complexity index is 1230. The minimum Gasteiger partial charge on any atom is -0.347 e. The lowest BCUT2D eigenvalue weighted by Gasteiger charge is -2.32. The van der Waals surface area contributed by atoms with Gasteiger partial charge in [-0.1, -0.05) is 72.8 Å². The van der Waals surface area contributed by atoms with Crippen LogP contribution in [0.15, 0.2) is 85.6 Å². The molecule has 0 bridgehead atoms. The van der Waals surface area contributed by atoms with Crippen molar-refractivity contribution < 1.29 is 4.79 Å². The average molecular weight is 435 g/mol. The van der Waals surface area contributed by atoms with Gasteiger partial charge in [0.05, 0.1) is 17.3 Å². The fourth-order valence-electron chi connectivity index (χ4n) is 5.23. The molecule has 3 heteroatoms. The summed E-state index contributed by atoms with van der Waals surface area (Å²) in [6, 6.07) is 23.1. The van der Waals surface area contributed by atoms with Crippen LogP contribution in [0.1, 0.15) is 57.1 Å². The molecule has 2 aliphatic rings. The maximum Gasteiger partial charge on any atom is 0.256 e. The van der Waals surface area contributed by atoms with Gasteiger partial charge in [-0.3, -0.25) is 4.79 Å². The van der Waals surface area contributed by atoms with E-state index in [2.05, 4.69) is 84.1 Å². The number of para-hydroxylation sites is 1. The van der Waals surface area contributed by atoms with E-state index in [-0.39, 0.29) is 11.9 Å². The molecule has 0 saturated carbocycles. The van der Waals surface area contributed by atoms with Crippen LogP contribution in [0.3, 0.4) is 0 Å². The van der Waals surface area contributed by atoms with Gasteiger partial charge in [0.15, 0.2) is 0 Å². The monoisotopic (exact) mass is 434 g/mol. The highest BCUT2D eigenvalue weighted by molar-refractivity contribution is 6.00. The van der Waals surface area contributed by atoms with Gasteiger partial charge in [-0.15, -0.1) is 0 Å². The quantitative estimate of drug-likeness (QED) is 0.431. The van der Waals surface area contributed by atoms with E-state index in [0.717, 1.165) is 48.2 Å². The summed E-state index contributed by atoms with van der Waals surface area (Å²) < 4.78 is 0. The molecular formula is C30H30N2O. The van der Waals surface area contributed by atoms with E-state index in [1.807, 2.05) is 24.3 Å². The minimum atomic E-state index is 0.0727. The van der Waals surface area contributed by atoms with Crippen molar-refractivity contribution in [3.63, 3.8) is 0 Å². The standard InChI is InChI=1S/C30H30N2O/c1-3-23-18-22(2)19-24(20-23)21-32(29-15-14-25-10-4-5-11-26(25)29)30(33)27-12-6-7-13-28(27)31-16-8-9-17-31/h3-8,10-13,16,18-20,29H,1,9,14-15,17,21H2,2H3. The molecule has 0 spiro atoms. The first-order valence-corrected chi connectivity index (χ1v) is 11.8. The summed E-state index contributed by atoms with van der Waals surface area (Å²) >= 11 is 0. The van der Waals surface area contributed by atoms with Gasteiger partial charge in [0, 0.05) is 19.3 Å². The predicted octanol–water partition coefficient (Wildman–Crippen LogP) is 6.69. The van der Waals surface area contributed by atoms with Crippen molar-refractivity contribution in [1.29, 1.82) is 0 Å². The van der Waals surface area contributed by atoms with Gasteiger partial charge < -0.3 is 9.80 Å². The van der Waals surface area contributed by atoms with E-state index in [0.29, 0.717) is 6.54 Å². The molecule has 1 amide bonds. The Morgan fingerprint density at radius 3 is 2.76 bits per heavy atom. The first kappa shape index (κ1) is 21.3. The SMILES string of the molecule is C=Cc1cc(C)cc(CN(C(=O)c2ccccc2N2C=CCC2)C2CCc3ccccc32)c1. The molecule has 0 saturated heterocycles. The number of benzene rings is 3. The van der Waals surface area contributed by atoms with Crippen LogP contribution >= 0.6 is 0 Å². The second-order valence-electron chi connectivity index (χ2n) is 9.03. The summed E-state index contributed by atoms with van der Waals surface area (Å²) in [5, 5.41) is 0. The van der Waals surface area contributed by atoms with Crippen molar-refractivity contribution in [3.05, 3.63) is 119 Å². The van der Waals surface area contributed by atoms with E-state index in [1.165, 1.54) is 16.7 Å². The molecule has 1 aliphatic carbocycles. The van der Waals surface area contributed by atoms with E-state index in [4.69, 9.17) is 0 Å². The van der Waals surface area contributed by atoms with Crippen molar-refractivity contribution in [2.24, 2.45) is 0 Å². The molecule has 0 radical (unpaired) electrons. The Hall–Kier alpha value is -3.59. The Kier molecular flexibility index (Phi) is 5.87. The maximum absolute atomic E-state index is 14.2. The minimum absolute atomic E-state index is 0.0727. The fraction of sp³-hybridized carbons (Fsp3) is 0.233. The van der Waals surface area contributed by atoms with Gasteiger partial charge >= 0.3 is 0 Å². The van der Waals surface area contributed by atoms with Gasteiger partial charge in [0.25, 0.3) is 5.91 Å². The van der Waals surface area contributed by atoms with Crippen LogP contribution in [-0.2, 0) is 13.0 Å². The zero-order chi connectivity index (χ0) is 22.8. The van der Waals surface area contributed by atoms with Crippen molar-refractivity contribution in [2.75, 3.05) is 11.4 Å². The summed E-state index contributed by atoms with van der Waals surface area (Å²) in [5.41, 5.74) is 7.80. The second-order valence-corrected chi connectivity index (χ2v) is 9.03. The Morgan fingerprint density at radius 1 is 1.12 bits per heavy atom. The summed E-state index contributed by atoms with van der Waals surface area (Å²) in [4.78, 5) is 18.5. The Labute approximate surface area is 196 Å². The van der Waals surface area contributed by atoms with Crippen molar-refractivity contribution in [3.8, 4) is 0 Å². The molecule has 166 valence electrons. The summed E-state index contributed by atoms with van der Waals surface area (Å²) in [6.45, 7) is 7.53. The number of amides is 1. The van der Waals surface area contributed by atoms with Crippen LogP contribution in [0.5, 0.6) is 0 Å². The van der Waals surface area contributed by atoms with Crippen LogP contribution in [0.2, 0.25) is 0 Å². The van der Waals surface area contributed by atoms with Gasteiger partial charge in [0.1, 0.15) is 0 Å². The highest BCUT2D eigenvalue weighted by Crippen LogP contribution is 2.38. The van der Waals surface area contributed by atoms with Crippen LogP contribution in [0, 0.1) is 6.92 Å². The lowest BCUT2D eigenvalue weighted by molar-refractivity contribution is 0.0659. The topological polar surface area (TPSA) is 23.6 Å². The van der Waals surface area contributed by atoms with Gasteiger partial charge in [-0.05, 0) is 66.6 Å². The first-order chi connectivity index (χ1) is 16.1. The van der Waals surface area contributed by atoms with Gasteiger partial charge in [0.2, 0.25) is 0 Å². The van der Waals surface area contributed by atoms with E-state index in [9.17, 15) is 4.79 Å². The smallest absolute Gasteiger partial charge is 0.256 e. The molecule has 3 aromatic rings. The lowest BCUT2D eigenvalue weighted by Crippen LogP contribution is -2.34. The molecule has 1 aliphatic heterocycles. The molecule has 0 aromatic heterocycles. The summed E-state index contributed by atoms with van der Waals surface area (Å²) in [6.07, 6.45) is 9.11. The van der Waals surface area contributed by atoms with Crippen LogP contribution < -0.4 is 4.90 Å². The molecule has 3 nitrogen and oxygen atoms in total. The van der Waals surface area contributed by atoms with E-state index < -0.39 is 0 Å². The zero-order valence-electron chi connectivity index (χ0n) is 19.2. The molecule has 0 fully saturated rings. The highest BCUT2D eigenvalue weighted by atomic mass is 16.2. The molecule has 1 heterocycles. The number of carbonyl (C=O) groups excluding carboxylic acids is 1. The summed E-state index contributed by atoms with van der Waals surface area (Å²) in [5.74, 6) is 0.0919. The zero-order valence-corrected chi connectivity index (χ0v) is 19.2. The van der Waals surface area contributed by atoms with Crippen molar-refractivity contribution >= 4 is 17.7 Å². The molecule has 1 atom stereocenters. The number of carbonyl (C=O) groups is 1. The molecule has 0 N–H and O–H groups in total. The number of nitrogens with zero attached hydrogens (tertiary/aromatic N) is 2. The van der Waals surface area contributed by atoms with Crippen molar-refractivity contribution in [1.82, 2.24) is 4.90 Å². The molecule has 5 rings (SSSR count). The fourth-order valence-corrected chi connectivity index (χ4v) is 5.23. The second kappa shape index (κ2) is 9.11. The number of aryl methyl sites for hydroxylation is 2. The molecular weight excluding hydrogens is 404 g/mol. The number of rotatable bonds is 6.